The van der Waals surface area contributed by atoms with Crippen LogP contribution >= 0.6 is 11.3 Å². The van der Waals surface area contributed by atoms with Gasteiger partial charge >= 0.3 is 0 Å². The molecular formula is C18H20N4O4S2. The van der Waals surface area contributed by atoms with E-state index in [-0.39, 0.29) is 18.0 Å². The van der Waals surface area contributed by atoms with Crippen molar-refractivity contribution in [2.75, 3.05) is 24.2 Å². The highest BCUT2D eigenvalue weighted by atomic mass is 32.2. The van der Waals surface area contributed by atoms with E-state index in [1.54, 1.807) is 24.3 Å². The van der Waals surface area contributed by atoms with Gasteiger partial charge in [0.1, 0.15) is 6.54 Å². The van der Waals surface area contributed by atoms with Crippen molar-refractivity contribution in [2.45, 2.75) is 13.5 Å². The fourth-order valence-corrected chi connectivity index (χ4v) is 3.76. The van der Waals surface area contributed by atoms with Gasteiger partial charge < -0.3 is 9.42 Å². The number of carbonyl (C=O) groups excluding carboxylic acids is 1. The predicted octanol–water partition coefficient (Wildman–Crippen LogP) is 2.86. The van der Waals surface area contributed by atoms with Gasteiger partial charge in [-0.25, -0.2) is 8.42 Å². The van der Waals surface area contributed by atoms with Crippen molar-refractivity contribution in [1.82, 2.24) is 15.0 Å². The zero-order valence-electron chi connectivity index (χ0n) is 15.7. The van der Waals surface area contributed by atoms with Crippen LogP contribution in [0.5, 0.6) is 0 Å². The minimum atomic E-state index is -3.50. The summed E-state index contributed by atoms with van der Waals surface area (Å²) in [5.41, 5.74) is 0.605. The second-order valence-electron chi connectivity index (χ2n) is 6.06. The number of carbonyl (C=O) groups is 1. The van der Waals surface area contributed by atoms with E-state index in [4.69, 9.17) is 4.52 Å². The molecule has 0 aliphatic carbocycles. The normalized spacial score (nSPS) is 11.4. The number of amides is 1. The molecule has 0 aliphatic heterocycles. The maximum atomic E-state index is 13.1. The van der Waals surface area contributed by atoms with E-state index in [0.29, 0.717) is 23.9 Å². The lowest BCUT2D eigenvalue weighted by atomic mass is 10.1. The average molecular weight is 421 g/mol. The molecule has 1 aromatic carbocycles. The zero-order valence-corrected chi connectivity index (χ0v) is 17.3. The van der Waals surface area contributed by atoms with Gasteiger partial charge in [-0.15, -0.1) is 11.3 Å². The molecule has 0 unspecified atom stereocenters. The molecule has 148 valence electrons. The molecular weight excluding hydrogens is 400 g/mol. The quantitative estimate of drug-likeness (QED) is 0.583. The third-order valence-electron chi connectivity index (χ3n) is 4.18. The van der Waals surface area contributed by atoms with E-state index < -0.39 is 10.0 Å². The Morgan fingerprint density at radius 2 is 1.96 bits per heavy atom. The van der Waals surface area contributed by atoms with Crippen LogP contribution in [0, 0.1) is 0 Å². The van der Waals surface area contributed by atoms with Crippen LogP contribution in [0.3, 0.4) is 0 Å². The van der Waals surface area contributed by atoms with E-state index in [1.165, 1.54) is 23.3 Å². The molecule has 28 heavy (non-hydrogen) atoms. The van der Waals surface area contributed by atoms with Crippen molar-refractivity contribution in [1.29, 1.82) is 0 Å². The number of thiophene rings is 1. The molecule has 3 aromatic rings. The van der Waals surface area contributed by atoms with Crippen molar-refractivity contribution in [3.05, 3.63) is 53.2 Å². The van der Waals surface area contributed by atoms with Gasteiger partial charge in [0.15, 0.2) is 0 Å². The summed E-state index contributed by atoms with van der Waals surface area (Å²) in [6.07, 6.45) is 1.09. The molecule has 10 heteroatoms. The van der Waals surface area contributed by atoms with E-state index in [9.17, 15) is 13.2 Å². The molecule has 1 amide bonds. The largest absolute Gasteiger partial charge is 0.337 e. The van der Waals surface area contributed by atoms with Crippen molar-refractivity contribution in [2.24, 2.45) is 0 Å². The van der Waals surface area contributed by atoms with Gasteiger partial charge in [-0.1, -0.05) is 23.4 Å². The summed E-state index contributed by atoms with van der Waals surface area (Å²) in [5, 5.41) is 5.87. The highest BCUT2D eigenvalue weighted by molar-refractivity contribution is 7.92. The number of anilines is 1. The van der Waals surface area contributed by atoms with Crippen molar-refractivity contribution in [3.8, 4) is 10.7 Å². The van der Waals surface area contributed by atoms with Gasteiger partial charge in [0.05, 0.1) is 22.4 Å². The molecule has 0 bridgehead atoms. The van der Waals surface area contributed by atoms with Gasteiger partial charge in [-0.2, -0.15) is 4.98 Å². The van der Waals surface area contributed by atoms with Crippen LogP contribution in [0.25, 0.3) is 10.7 Å². The van der Waals surface area contributed by atoms with Crippen LogP contribution in [-0.2, 0) is 16.6 Å². The summed E-state index contributed by atoms with van der Waals surface area (Å²) in [6.45, 7) is 2.36. The van der Waals surface area contributed by atoms with Gasteiger partial charge in [-0.05, 0) is 30.5 Å². The minimum absolute atomic E-state index is 0.130. The molecule has 0 N–H and O–H groups in total. The van der Waals surface area contributed by atoms with Gasteiger partial charge in [0.2, 0.25) is 21.7 Å². The maximum absolute atomic E-state index is 13.1. The Labute approximate surface area is 167 Å². The number of nitrogens with zero attached hydrogens (tertiary/aromatic N) is 4. The Hall–Kier alpha value is -2.72. The lowest BCUT2D eigenvalue weighted by Crippen LogP contribution is -2.33. The van der Waals surface area contributed by atoms with E-state index in [2.05, 4.69) is 10.1 Å². The third kappa shape index (κ3) is 4.23. The second-order valence-corrected chi connectivity index (χ2v) is 9.02. The summed E-state index contributed by atoms with van der Waals surface area (Å²) in [4.78, 5) is 19.8. The van der Waals surface area contributed by atoms with Crippen LogP contribution in [0.2, 0.25) is 0 Å². The maximum Gasteiger partial charge on any atom is 0.256 e. The molecule has 2 aromatic heterocycles. The summed E-state index contributed by atoms with van der Waals surface area (Å²) >= 11 is 1.50. The van der Waals surface area contributed by atoms with Crippen LogP contribution in [0.4, 0.5) is 5.69 Å². The van der Waals surface area contributed by atoms with Crippen molar-refractivity contribution in [3.63, 3.8) is 0 Å². The Balaban J connectivity index is 1.85. The fourth-order valence-electron chi connectivity index (χ4n) is 2.59. The first kappa shape index (κ1) is 20.0. The minimum Gasteiger partial charge on any atom is -0.337 e. The predicted molar refractivity (Wildman–Crippen MR) is 108 cm³/mol. The molecule has 0 fully saturated rings. The fraction of sp³-hybridized carbons (Fsp3) is 0.278. The van der Waals surface area contributed by atoms with Crippen LogP contribution < -0.4 is 4.31 Å². The zero-order chi connectivity index (χ0) is 20.3. The molecule has 0 saturated heterocycles. The van der Waals surface area contributed by atoms with Crippen LogP contribution in [0.15, 0.2) is 46.3 Å². The first-order valence-corrected chi connectivity index (χ1v) is 11.2. The highest BCUT2D eigenvalue weighted by Crippen LogP contribution is 2.24. The Morgan fingerprint density at radius 3 is 2.61 bits per heavy atom. The summed E-state index contributed by atoms with van der Waals surface area (Å²) in [6, 6.07) is 10.4. The van der Waals surface area contributed by atoms with E-state index in [1.807, 2.05) is 24.4 Å². The highest BCUT2D eigenvalue weighted by Gasteiger charge is 2.24. The SMILES string of the molecule is CCN(Cc1nc(-c2cccs2)no1)C(=O)c1ccccc1N(C)S(C)(=O)=O. The van der Waals surface area contributed by atoms with Crippen molar-refractivity contribution >= 4 is 33.0 Å². The van der Waals surface area contributed by atoms with Gasteiger partial charge in [0, 0.05) is 13.6 Å². The Morgan fingerprint density at radius 1 is 1.21 bits per heavy atom. The van der Waals surface area contributed by atoms with Crippen LogP contribution in [-0.4, -0.2) is 49.2 Å². The third-order valence-corrected chi connectivity index (χ3v) is 6.23. The number of hydrogen-bond donors (Lipinski definition) is 0. The average Bonchev–Trinajstić information content (AvgIpc) is 3.35. The summed E-state index contributed by atoms with van der Waals surface area (Å²) in [5.74, 6) is 0.475. The lowest BCUT2D eigenvalue weighted by Gasteiger charge is -2.24. The molecule has 0 saturated carbocycles. The topological polar surface area (TPSA) is 96.6 Å². The molecule has 0 radical (unpaired) electrons. The molecule has 8 nitrogen and oxygen atoms in total. The number of benzene rings is 1. The molecule has 3 rings (SSSR count). The number of aromatic nitrogens is 2. The molecule has 0 aliphatic rings. The van der Waals surface area contributed by atoms with E-state index >= 15 is 0 Å². The van der Waals surface area contributed by atoms with Crippen LogP contribution in [0.1, 0.15) is 23.2 Å². The number of rotatable bonds is 7. The first-order valence-electron chi connectivity index (χ1n) is 8.50. The Kier molecular flexibility index (Phi) is 5.80. The number of para-hydroxylation sites is 1. The lowest BCUT2D eigenvalue weighted by molar-refractivity contribution is 0.0735. The summed E-state index contributed by atoms with van der Waals surface area (Å²) < 4.78 is 30.2. The van der Waals surface area contributed by atoms with Gasteiger partial charge in [0.25, 0.3) is 5.91 Å². The monoisotopic (exact) mass is 420 g/mol. The standard InChI is InChI=1S/C18H20N4O4S2/c1-4-22(12-16-19-17(20-26-16)15-10-7-11-27-15)18(23)13-8-5-6-9-14(13)21(2)28(3,24)25/h5-11H,4,12H2,1-3H3. The van der Waals surface area contributed by atoms with Gasteiger partial charge in [-0.3, -0.25) is 9.10 Å². The van der Waals surface area contributed by atoms with Crippen molar-refractivity contribution < 1.29 is 17.7 Å². The second kappa shape index (κ2) is 8.11. The summed E-state index contributed by atoms with van der Waals surface area (Å²) in [7, 11) is -2.08. The molecule has 2 heterocycles. The smallest absolute Gasteiger partial charge is 0.256 e. The first-order chi connectivity index (χ1) is 13.3. The Bertz CT molecular complexity index is 1060. The molecule has 0 spiro atoms. The van der Waals surface area contributed by atoms with E-state index in [0.717, 1.165) is 15.4 Å². The molecule has 0 atom stereocenters. The number of hydrogen-bond acceptors (Lipinski definition) is 7. The number of sulfonamides is 1.